The van der Waals surface area contributed by atoms with Gasteiger partial charge < -0.3 is 15.2 Å². The first kappa shape index (κ1) is 13.5. The average Bonchev–Trinajstić information content (AvgIpc) is 2.81. The predicted octanol–water partition coefficient (Wildman–Crippen LogP) is 0.286. The summed E-state index contributed by atoms with van der Waals surface area (Å²) in [7, 11) is 0. The second kappa shape index (κ2) is 6.86. The maximum absolute atomic E-state index is 11.7. The van der Waals surface area contributed by atoms with Gasteiger partial charge in [-0.15, -0.1) is 0 Å². The van der Waals surface area contributed by atoms with Gasteiger partial charge >= 0.3 is 5.97 Å². The molecule has 6 nitrogen and oxygen atoms in total. The summed E-state index contributed by atoms with van der Waals surface area (Å²) >= 11 is 0. The largest absolute Gasteiger partial charge is 0.480 e. The van der Waals surface area contributed by atoms with Crippen molar-refractivity contribution in [1.29, 1.82) is 5.26 Å². The SMILES string of the molecule is N#CCCC[C@@H](NC(=O)[C@@H]1CCOC1)C(=O)O. The number of nitriles is 1. The van der Waals surface area contributed by atoms with Crippen LogP contribution in [0.15, 0.2) is 0 Å². The highest BCUT2D eigenvalue weighted by atomic mass is 16.5. The molecule has 1 aliphatic heterocycles. The number of aliphatic carboxylic acids is 1. The van der Waals surface area contributed by atoms with Gasteiger partial charge in [-0.3, -0.25) is 4.79 Å². The Morgan fingerprint density at radius 1 is 1.59 bits per heavy atom. The number of hydrogen-bond donors (Lipinski definition) is 2. The van der Waals surface area contributed by atoms with E-state index < -0.39 is 12.0 Å². The summed E-state index contributed by atoms with van der Waals surface area (Å²) in [6, 6.07) is 1.04. The molecular weight excluding hydrogens is 224 g/mol. The maximum atomic E-state index is 11.7. The summed E-state index contributed by atoms with van der Waals surface area (Å²) in [6.07, 6.45) is 1.68. The Hall–Kier alpha value is -1.61. The van der Waals surface area contributed by atoms with Gasteiger partial charge in [0.05, 0.1) is 18.6 Å². The Balaban J connectivity index is 2.40. The van der Waals surface area contributed by atoms with E-state index in [2.05, 4.69) is 5.32 Å². The second-order valence-corrected chi connectivity index (χ2v) is 4.01. The van der Waals surface area contributed by atoms with Crippen molar-refractivity contribution in [2.45, 2.75) is 31.7 Å². The van der Waals surface area contributed by atoms with Crippen molar-refractivity contribution < 1.29 is 19.4 Å². The van der Waals surface area contributed by atoms with E-state index in [-0.39, 0.29) is 18.2 Å². The lowest BCUT2D eigenvalue weighted by atomic mass is 10.1. The van der Waals surface area contributed by atoms with E-state index in [1.54, 1.807) is 0 Å². The van der Waals surface area contributed by atoms with Crippen molar-refractivity contribution >= 4 is 11.9 Å². The number of carboxylic acids is 1. The minimum absolute atomic E-state index is 0.243. The monoisotopic (exact) mass is 240 g/mol. The molecule has 0 spiro atoms. The molecule has 0 aliphatic carbocycles. The summed E-state index contributed by atoms with van der Waals surface area (Å²) in [5, 5.41) is 19.8. The number of carbonyl (C=O) groups is 2. The van der Waals surface area contributed by atoms with Crippen LogP contribution in [0.5, 0.6) is 0 Å². The molecule has 0 radical (unpaired) electrons. The standard InChI is InChI=1S/C11H16N2O4/c12-5-2-1-3-9(11(15)16)13-10(14)8-4-6-17-7-8/h8-9H,1-4,6-7H2,(H,13,14)(H,15,16)/t8-,9-/m1/s1. The smallest absolute Gasteiger partial charge is 0.326 e. The lowest BCUT2D eigenvalue weighted by molar-refractivity contribution is -0.142. The molecule has 0 aromatic rings. The van der Waals surface area contributed by atoms with E-state index in [1.165, 1.54) is 0 Å². The van der Waals surface area contributed by atoms with Crippen LogP contribution in [0.4, 0.5) is 0 Å². The second-order valence-electron chi connectivity index (χ2n) is 4.01. The quantitative estimate of drug-likeness (QED) is 0.650. The van der Waals surface area contributed by atoms with Crippen LogP contribution < -0.4 is 5.32 Å². The lowest BCUT2D eigenvalue weighted by Crippen LogP contribution is -2.43. The third kappa shape index (κ3) is 4.41. The van der Waals surface area contributed by atoms with Gasteiger partial charge in [0.1, 0.15) is 6.04 Å². The molecule has 0 unspecified atom stereocenters. The summed E-state index contributed by atoms with van der Waals surface area (Å²) in [5.74, 6) is -1.57. The minimum Gasteiger partial charge on any atom is -0.480 e. The lowest BCUT2D eigenvalue weighted by Gasteiger charge is -2.16. The molecule has 0 aromatic heterocycles. The minimum atomic E-state index is -1.06. The maximum Gasteiger partial charge on any atom is 0.326 e. The van der Waals surface area contributed by atoms with Crippen LogP contribution in [-0.2, 0) is 14.3 Å². The summed E-state index contributed by atoms with van der Waals surface area (Å²) in [5.41, 5.74) is 0. The highest BCUT2D eigenvalue weighted by Crippen LogP contribution is 2.13. The van der Waals surface area contributed by atoms with E-state index in [1.807, 2.05) is 6.07 Å². The molecular formula is C11H16N2O4. The fourth-order valence-electron chi connectivity index (χ4n) is 1.67. The number of rotatable bonds is 6. The van der Waals surface area contributed by atoms with E-state index in [0.29, 0.717) is 32.5 Å². The number of amides is 1. The Labute approximate surface area is 99.6 Å². The fourth-order valence-corrected chi connectivity index (χ4v) is 1.67. The summed E-state index contributed by atoms with van der Waals surface area (Å²) in [6.45, 7) is 0.903. The molecule has 2 atom stereocenters. The molecule has 0 bridgehead atoms. The topological polar surface area (TPSA) is 99.4 Å². The number of nitrogens with one attached hydrogen (secondary N) is 1. The highest BCUT2D eigenvalue weighted by Gasteiger charge is 2.27. The number of ether oxygens (including phenoxy) is 1. The van der Waals surface area contributed by atoms with E-state index in [9.17, 15) is 9.59 Å². The molecule has 1 amide bonds. The van der Waals surface area contributed by atoms with E-state index >= 15 is 0 Å². The molecule has 0 saturated carbocycles. The molecule has 1 saturated heterocycles. The Morgan fingerprint density at radius 3 is 2.88 bits per heavy atom. The Bertz CT molecular complexity index is 318. The molecule has 1 fully saturated rings. The Kier molecular flexibility index (Phi) is 5.43. The number of carboxylic acid groups (broad SMARTS) is 1. The highest BCUT2D eigenvalue weighted by molar-refractivity contribution is 5.85. The molecule has 1 rings (SSSR count). The van der Waals surface area contributed by atoms with Crippen LogP contribution in [0, 0.1) is 17.2 Å². The van der Waals surface area contributed by atoms with E-state index in [0.717, 1.165) is 0 Å². The van der Waals surface area contributed by atoms with Gasteiger partial charge in [-0.1, -0.05) is 0 Å². The van der Waals surface area contributed by atoms with Crippen molar-refractivity contribution in [1.82, 2.24) is 5.32 Å². The van der Waals surface area contributed by atoms with Crippen molar-refractivity contribution in [3.05, 3.63) is 0 Å². The van der Waals surface area contributed by atoms with Crippen molar-refractivity contribution in [3.8, 4) is 6.07 Å². The van der Waals surface area contributed by atoms with Crippen LogP contribution in [0.1, 0.15) is 25.7 Å². The Morgan fingerprint density at radius 2 is 2.35 bits per heavy atom. The number of nitrogens with zero attached hydrogens (tertiary/aromatic N) is 1. The molecule has 1 heterocycles. The van der Waals surface area contributed by atoms with Gasteiger partial charge in [0, 0.05) is 13.0 Å². The zero-order chi connectivity index (χ0) is 12.7. The molecule has 2 N–H and O–H groups in total. The normalized spacial score (nSPS) is 20.5. The van der Waals surface area contributed by atoms with Crippen molar-refractivity contribution in [3.63, 3.8) is 0 Å². The molecule has 0 aromatic carbocycles. The number of unbranched alkanes of at least 4 members (excludes halogenated alkanes) is 1. The van der Waals surface area contributed by atoms with Crippen LogP contribution in [-0.4, -0.2) is 36.2 Å². The summed E-state index contributed by atoms with van der Waals surface area (Å²) in [4.78, 5) is 22.6. The molecule has 17 heavy (non-hydrogen) atoms. The van der Waals surface area contributed by atoms with Gasteiger partial charge in [-0.2, -0.15) is 5.26 Å². The third-order valence-corrected chi connectivity index (χ3v) is 2.70. The number of carbonyl (C=O) groups excluding carboxylic acids is 1. The molecule has 6 heteroatoms. The molecule has 1 aliphatic rings. The van der Waals surface area contributed by atoms with Crippen molar-refractivity contribution in [2.75, 3.05) is 13.2 Å². The third-order valence-electron chi connectivity index (χ3n) is 2.70. The van der Waals surface area contributed by atoms with Crippen molar-refractivity contribution in [2.24, 2.45) is 5.92 Å². The van der Waals surface area contributed by atoms with Crippen LogP contribution in [0.25, 0.3) is 0 Å². The fraction of sp³-hybridized carbons (Fsp3) is 0.727. The zero-order valence-corrected chi connectivity index (χ0v) is 9.52. The van der Waals surface area contributed by atoms with Gasteiger partial charge in [0.2, 0.25) is 5.91 Å². The van der Waals surface area contributed by atoms with Crippen LogP contribution in [0.3, 0.4) is 0 Å². The predicted molar refractivity (Wildman–Crippen MR) is 58.0 cm³/mol. The van der Waals surface area contributed by atoms with Gasteiger partial charge in [0.25, 0.3) is 0 Å². The van der Waals surface area contributed by atoms with E-state index in [4.69, 9.17) is 15.1 Å². The molecule has 94 valence electrons. The number of hydrogen-bond acceptors (Lipinski definition) is 4. The van der Waals surface area contributed by atoms with Crippen LogP contribution in [0.2, 0.25) is 0 Å². The van der Waals surface area contributed by atoms with Gasteiger partial charge in [0.15, 0.2) is 0 Å². The first-order valence-corrected chi connectivity index (χ1v) is 5.63. The first-order chi connectivity index (χ1) is 8.15. The summed E-state index contributed by atoms with van der Waals surface area (Å²) < 4.78 is 5.07. The zero-order valence-electron chi connectivity index (χ0n) is 9.52. The van der Waals surface area contributed by atoms with Gasteiger partial charge in [-0.05, 0) is 19.3 Å². The first-order valence-electron chi connectivity index (χ1n) is 5.63. The van der Waals surface area contributed by atoms with Gasteiger partial charge in [-0.25, -0.2) is 4.79 Å². The van der Waals surface area contributed by atoms with Crippen LogP contribution >= 0.6 is 0 Å². The average molecular weight is 240 g/mol.